The van der Waals surface area contributed by atoms with Crippen LogP contribution in [0.1, 0.15) is 16.7 Å². The summed E-state index contributed by atoms with van der Waals surface area (Å²) in [5.41, 5.74) is -1.35. The van der Waals surface area contributed by atoms with Crippen molar-refractivity contribution in [3.63, 3.8) is 0 Å². The van der Waals surface area contributed by atoms with Gasteiger partial charge in [0.25, 0.3) is 0 Å². The van der Waals surface area contributed by atoms with Crippen molar-refractivity contribution in [3.8, 4) is 12.1 Å². The second kappa shape index (κ2) is 3.91. The number of anilines is 1. The number of alkyl halides is 3. The second-order valence-corrected chi connectivity index (χ2v) is 2.89. The highest BCUT2D eigenvalue weighted by atomic mass is 19.4. The van der Waals surface area contributed by atoms with Gasteiger partial charge in [-0.25, -0.2) is 8.78 Å². The molecule has 0 aliphatic carbocycles. The van der Waals surface area contributed by atoms with Gasteiger partial charge in [-0.15, -0.1) is 0 Å². The van der Waals surface area contributed by atoms with Gasteiger partial charge in [0.1, 0.15) is 28.8 Å². The Morgan fingerprint density at radius 3 is 1.76 bits per heavy atom. The summed E-state index contributed by atoms with van der Waals surface area (Å²) in [6, 6.07) is 1.93. The summed E-state index contributed by atoms with van der Waals surface area (Å²) >= 11 is 0. The van der Waals surface area contributed by atoms with Gasteiger partial charge >= 0.3 is 6.18 Å². The number of nitrogen functional groups attached to an aromatic ring is 1. The van der Waals surface area contributed by atoms with E-state index in [2.05, 4.69) is 0 Å². The van der Waals surface area contributed by atoms with Crippen molar-refractivity contribution >= 4 is 5.69 Å². The van der Waals surface area contributed by atoms with E-state index in [0.717, 1.165) is 12.1 Å². The number of hydrogen-bond acceptors (Lipinski definition) is 3. The minimum Gasteiger partial charge on any atom is -0.396 e. The van der Waals surface area contributed by atoms with Gasteiger partial charge in [-0.3, -0.25) is 0 Å². The zero-order valence-corrected chi connectivity index (χ0v) is 7.86. The standard InChI is InChI=1S/C9H2F5N3/c10-6-3(1-15)5(9(12,13)14)8(17)7(11)4(6)2-16/h17H2. The van der Waals surface area contributed by atoms with Crippen molar-refractivity contribution in [2.75, 3.05) is 5.73 Å². The number of nitrogens with two attached hydrogens (primary N) is 1. The smallest absolute Gasteiger partial charge is 0.396 e. The average molecular weight is 247 g/mol. The first-order chi connectivity index (χ1) is 7.75. The molecule has 0 heterocycles. The van der Waals surface area contributed by atoms with Gasteiger partial charge in [0, 0.05) is 0 Å². The molecule has 0 atom stereocenters. The number of rotatable bonds is 0. The lowest BCUT2D eigenvalue weighted by Crippen LogP contribution is -2.16. The fraction of sp³-hybridized carbons (Fsp3) is 0.111. The minimum atomic E-state index is -5.19. The molecule has 0 radical (unpaired) electrons. The molecule has 0 unspecified atom stereocenters. The molecular formula is C9H2F5N3. The molecule has 0 aliphatic heterocycles. The highest BCUT2D eigenvalue weighted by molar-refractivity contribution is 5.62. The Kier molecular flexibility index (Phi) is 2.92. The molecule has 0 bridgehead atoms. The molecule has 0 spiro atoms. The highest BCUT2D eigenvalue weighted by Gasteiger charge is 2.40. The van der Waals surface area contributed by atoms with Crippen molar-refractivity contribution in [1.82, 2.24) is 0 Å². The number of nitrogens with zero attached hydrogens (tertiary/aromatic N) is 2. The predicted molar refractivity (Wildman–Crippen MR) is 45.2 cm³/mol. The third-order valence-corrected chi connectivity index (χ3v) is 1.92. The summed E-state index contributed by atoms with van der Waals surface area (Å²) in [6.45, 7) is 0. The zero-order valence-electron chi connectivity index (χ0n) is 7.86. The minimum absolute atomic E-state index is 0.920. The Labute approximate surface area is 91.5 Å². The van der Waals surface area contributed by atoms with Crippen LogP contribution in [-0.4, -0.2) is 0 Å². The number of halogens is 5. The first-order valence-corrected chi connectivity index (χ1v) is 3.93. The van der Waals surface area contributed by atoms with Crippen molar-refractivity contribution in [2.24, 2.45) is 0 Å². The largest absolute Gasteiger partial charge is 0.419 e. The van der Waals surface area contributed by atoms with Crippen LogP contribution in [0.15, 0.2) is 0 Å². The van der Waals surface area contributed by atoms with Gasteiger partial charge in [0.15, 0.2) is 11.6 Å². The van der Waals surface area contributed by atoms with E-state index >= 15 is 0 Å². The molecule has 0 saturated heterocycles. The lowest BCUT2D eigenvalue weighted by Gasteiger charge is -2.13. The molecular weight excluding hydrogens is 245 g/mol. The molecule has 1 rings (SSSR count). The molecule has 0 fully saturated rings. The van der Waals surface area contributed by atoms with E-state index in [1.54, 1.807) is 0 Å². The van der Waals surface area contributed by atoms with Crippen molar-refractivity contribution in [2.45, 2.75) is 6.18 Å². The highest BCUT2D eigenvalue weighted by Crippen LogP contribution is 2.39. The van der Waals surface area contributed by atoms with Crippen LogP contribution >= 0.6 is 0 Å². The third-order valence-electron chi connectivity index (χ3n) is 1.92. The van der Waals surface area contributed by atoms with Gasteiger partial charge in [-0.1, -0.05) is 0 Å². The first-order valence-electron chi connectivity index (χ1n) is 3.93. The van der Waals surface area contributed by atoms with Crippen LogP contribution in [0, 0.1) is 34.3 Å². The molecule has 88 valence electrons. The maximum atomic E-state index is 13.3. The van der Waals surface area contributed by atoms with Crippen LogP contribution in [0.3, 0.4) is 0 Å². The average Bonchev–Trinajstić information content (AvgIpc) is 2.22. The Bertz CT molecular complexity index is 562. The van der Waals surface area contributed by atoms with Gasteiger partial charge in [-0.2, -0.15) is 23.7 Å². The SMILES string of the molecule is N#Cc1c(F)c(N)c(C(F)(F)F)c(C#N)c1F. The summed E-state index contributed by atoms with van der Waals surface area (Å²) in [5, 5.41) is 16.8. The zero-order chi connectivity index (χ0) is 13.4. The van der Waals surface area contributed by atoms with Crippen LogP contribution in [0.4, 0.5) is 27.6 Å². The maximum absolute atomic E-state index is 13.3. The van der Waals surface area contributed by atoms with Crippen LogP contribution in [0.5, 0.6) is 0 Å². The first kappa shape index (κ1) is 12.7. The van der Waals surface area contributed by atoms with Crippen LogP contribution in [0.2, 0.25) is 0 Å². The van der Waals surface area contributed by atoms with Crippen molar-refractivity contribution in [3.05, 3.63) is 28.3 Å². The van der Waals surface area contributed by atoms with E-state index in [1.807, 2.05) is 0 Å². The summed E-state index contributed by atoms with van der Waals surface area (Å²) in [7, 11) is 0. The number of nitriles is 2. The third kappa shape index (κ3) is 1.85. The molecule has 2 N–H and O–H groups in total. The van der Waals surface area contributed by atoms with Gasteiger partial charge in [-0.05, 0) is 0 Å². The van der Waals surface area contributed by atoms with Crippen LogP contribution in [0.25, 0.3) is 0 Å². The van der Waals surface area contributed by atoms with Crippen molar-refractivity contribution < 1.29 is 22.0 Å². The topological polar surface area (TPSA) is 73.6 Å². The summed E-state index contributed by atoms with van der Waals surface area (Å²) < 4.78 is 63.8. The number of hydrogen-bond donors (Lipinski definition) is 1. The number of benzene rings is 1. The van der Waals surface area contributed by atoms with Gasteiger partial charge in [0.05, 0.1) is 5.69 Å². The van der Waals surface area contributed by atoms with Crippen LogP contribution in [-0.2, 0) is 6.18 Å². The quantitative estimate of drug-likeness (QED) is 0.564. The molecule has 3 nitrogen and oxygen atoms in total. The summed E-state index contributed by atoms with van der Waals surface area (Å²) in [6.07, 6.45) is -5.19. The van der Waals surface area contributed by atoms with E-state index in [4.69, 9.17) is 16.3 Å². The molecule has 0 aromatic heterocycles. The molecule has 8 heteroatoms. The van der Waals surface area contributed by atoms with Crippen molar-refractivity contribution in [1.29, 1.82) is 10.5 Å². The van der Waals surface area contributed by atoms with E-state index in [-0.39, 0.29) is 0 Å². The Balaban J connectivity index is 3.89. The summed E-state index contributed by atoms with van der Waals surface area (Å²) in [5.74, 6) is -3.69. The monoisotopic (exact) mass is 247 g/mol. The van der Waals surface area contributed by atoms with Crippen LogP contribution < -0.4 is 5.73 Å². The molecule has 0 amide bonds. The molecule has 17 heavy (non-hydrogen) atoms. The molecule has 0 aliphatic rings. The lowest BCUT2D eigenvalue weighted by atomic mass is 10.0. The molecule has 0 saturated carbocycles. The Hall–Kier alpha value is -2.35. The fourth-order valence-corrected chi connectivity index (χ4v) is 1.21. The van der Waals surface area contributed by atoms with E-state index in [0.29, 0.717) is 0 Å². The van der Waals surface area contributed by atoms with E-state index < -0.39 is 40.2 Å². The lowest BCUT2D eigenvalue weighted by molar-refractivity contribution is -0.137. The van der Waals surface area contributed by atoms with E-state index in [9.17, 15) is 22.0 Å². The van der Waals surface area contributed by atoms with Gasteiger partial charge in [0.2, 0.25) is 0 Å². The summed E-state index contributed by atoms with van der Waals surface area (Å²) in [4.78, 5) is 0. The maximum Gasteiger partial charge on any atom is 0.419 e. The van der Waals surface area contributed by atoms with Gasteiger partial charge < -0.3 is 5.73 Å². The Morgan fingerprint density at radius 1 is 0.941 bits per heavy atom. The normalized spacial score (nSPS) is 10.8. The second-order valence-electron chi connectivity index (χ2n) is 2.89. The fourth-order valence-electron chi connectivity index (χ4n) is 1.21. The predicted octanol–water partition coefficient (Wildman–Crippen LogP) is 2.31. The van der Waals surface area contributed by atoms with E-state index in [1.165, 1.54) is 0 Å². The Morgan fingerprint density at radius 2 is 1.41 bits per heavy atom. The molecule has 1 aromatic rings. The molecule has 1 aromatic carbocycles.